The molecule has 1 aliphatic rings. The first-order valence-electron chi connectivity index (χ1n) is 8.57. The third kappa shape index (κ3) is 2.47. The molecule has 0 unspecified atom stereocenters. The molecule has 0 fully saturated rings. The van der Waals surface area contributed by atoms with Crippen molar-refractivity contribution in [3.8, 4) is 5.75 Å². The fourth-order valence-corrected chi connectivity index (χ4v) is 3.43. The van der Waals surface area contributed by atoms with Crippen molar-refractivity contribution < 1.29 is 13.9 Å². The number of rotatable bonds is 3. The Balaban J connectivity index is 1.86. The Morgan fingerprint density at radius 3 is 2.42 bits per heavy atom. The standard InChI is InChI=1S/C21H19NO4/c1-12(2)25-14-10-8-13(9-11-14)18-17-19(23)15-6-4-5-7-16(15)26-20(17)21(24)22(18)3/h4-12,18H,1-3H3/t18-/m1/s1. The minimum Gasteiger partial charge on any atom is -0.491 e. The lowest BCUT2D eigenvalue weighted by atomic mass is 9.99. The number of nitrogens with zero attached hydrogens (tertiary/aromatic N) is 1. The molecule has 0 spiro atoms. The average Bonchev–Trinajstić information content (AvgIpc) is 2.87. The second kappa shape index (κ2) is 6.02. The van der Waals surface area contributed by atoms with Crippen LogP contribution in [0.5, 0.6) is 5.75 Å². The summed E-state index contributed by atoms with van der Waals surface area (Å²) < 4.78 is 11.4. The summed E-state index contributed by atoms with van der Waals surface area (Å²) in [6.07, 6.45) is 0.0794. The van der Waals surface area contributed by atoms with Gasteiger partial charge in [0.15, 0.2) is 5.43 Å². The maximum Gasteiger partial charge on any atom is 0.290 e. The second-order valence-electron chi connectivity index (χ2n) is 6.72. The first kappa shape index (κ1) is 16.4. The van der Waals surface area contributed by atoms with Gasteiger partial charge in [-0.3, -0.25) is 9.59 Å². The summed E-state index contributed by atoms with van der Waals surface area (Å²) >= 11 is 0. The van der Waals surface area contributed by atoms with Crippen molar-refractivity contribution in [3.05, 3.63) is 75.6 Å². The topological polar surface area (TPSA) is 59.8 Å². The molecule has 1 aliphatic heterocycles. The summed E-state index contributed by atoms with van der Waals surface area (Å²) in [5, 5.41) is 0.485. The van der Waals surface area contributed by atoms with Crippen molar-refractivity contribution >= 4 is 16.9 Å². The van der Waals surface area contributed by atoms with Gasteiger partial charge in [0.1, 0.15) is 11.3 Å². The summed E-state index contributed by atoms with van der Waals surface area (Å²) in [6.45, 7) is 3.92. The Kier molecular flexibility index (Phi) is 3.80. The maximum absolute atomic E-state index is 13.0. The number of ether oxygens (including phenoxy) is 1. The lowest BCUT2D eigenvalue weighted by Gasteiger charge is -2.20. The van der Waals surface area contributed by atoms with Crippen LogP contribution in [0.15, 0.2) is 57.7 Å². The summed E-state index contributed by atoms with van der Waals surface area (Å²) in [7, 11) is 1.69. The number of benzene rings is 2. The first-order chi connectivity index (χ1) is 12.5. The molecule has 4 rings (SSSR count). The van der Waals surface area contributed by atoms with Gasteiger partial charge in [-0.2, -0.15) is 0 Å². The highest BCUT2D eigenvalue weighted by atomic mass is 16.5. The highest BCUT2D eigenvalue weighted by molar-refractivity contribution is 5.98. The van der Waals surface area contributed by atoms with Crippen LogP contribution in [0.2, 0.25) is 0 Å². The molecule has 1 atom stereocenters. The lowest BCUT2D eigenvalue weighted by Crippen LogP contribution is -2.25. The lowest BCUT2D eigenvalue weighted by molar-refractivity contribution is 0.0771. The largest absolute Gasteiger partial charge is 0.491 e. The predicted octanol–water partition coefficient (Wildman–Crippen LogP) is 3.76. The highest BCUT2D eigenvalue weighted by Gasteiger charge is 2.40. The molecule has 0 N–H and O–H groups in total. The van der Waals surface area contributed by atoms with E-state index in [1.54, 1.807) is 36.2 Å². The Bertz CT molecular complexity index is 1050. The minimum atomic E-state index is -0.466. The van der Waals surface area contributed by atoms with Gasteiger partial charge in [-0.25, -0.2) is 0 Å². The molecule has 0 saturated carbocycles. The zero-order valence-corrected chi connectivity index (χ0v) is 14.9. The molecular formula is C21H19NO4. The van der Waals surface area contributed by atoms with Gasteiger partial charge in [-0.1, -0.05) is 24.3 Å². The normalized spacial score (nSPS) is 16.4. The molecule has 0 aliphatic carbocycles. The van der Waals surface area contributed by atoms with E-state index in [9.17, 15) is 9.59 Å². The second-order valence-corrected chi connectivity index (χ2v) is 6.72. The summed E-state index contributed by atoms with van der Waals surface area (Å²) in [5.74, 6) is 0.598. The third-order valence-electron chi connectivity index (χ3n) is 4.58. The van der Waals surface area contributed by atoms with Crippen LogP contribution in [0, 0.1) is 0 Å². The van der Waals surface area contributed by atoms with Gasteiger partial charge in [-0.05, 0) is 43.7 Å². The van der Waals surface area contributed by atoms with Crippen LogP contribution in [0.3, 0.4) is 0 Å². The highest BCUT2D eigenvalue weighted by Crippen LogP contribution is 2.37. The zero-order valence-electron chi connectivity index (χ0n) is 14.9. The molecule has 0 bridgehead atoms. The minimum absolute atomic E-state index is 0.0794. The van der Waals surface area contributed by atoms with Crippen molar-refractivity contribution in [2.75, 3.05) is 7.05 Å². The van der Waals surface area contributed by atoms with E-state index in [0.29, 0.717) is 16.5 Å². The van der Waals surface area contributed by atoms with Gasteiger partial charge in [-0.15, -0.1) is 0 Å². The molecule has 3 aromatic rings. The molecule has 2 aromatic carbocycles. The van der Waals surface area contributed by atoms with Gasteiger partial charge >= 0.3 is 0 Å². The van der Waals surface area contributed by atoms with E-state index < -0.39 is 6.04 Å². The van der Waals surface area contributed by atoms with E-state index >= 15 is 0 Å². The number of hydrogen-bond donors (Lipinski definition) is 0. The molecule has 132 valence electrons. The summed E-state index contributed by atoms with van der Waals surface area (Å²) in [6, 6.07) is 14.0. The van der Waals surface area contributed by atoms with E-state index in [-0.39, 0.29) is 23.2 Å². The fourth-order valence-electron chi connectivity index (χ4n) is 3.43. The summed E-state index contributed by atoms with van der Waals surface area (Å²) in [5.41, 5.74) is 1.51. The Labute approximate surface area is 150 Å². The molecule has 5 heteroatoms. The molecule has 0 radical (unpaired) electrons. The number of para-hydroxylation sites is 1. The monoisotopic (exact) mass is 349 g/mol. The number of fused-ring (bicyclic) bond motifs is 2. The van der Waals surface area contributed by atoms with Gasteiger partial charge in [0.25, 0.3) is 5.91 Å². The van der Waals surface area contributed by atoms with E-state index in [1.165, 1.54) is 0 Å². The molecule has 1 amide bonds. The molecule has 1 aromatic heterocycles. The van der Waals surface area contributed by atoms with Crippen LogP contribution in [0.25, 0.3) is 11.0 Å². The van der Waals surface area contributed by atoms with Crippen LogP contribution < -0.4 is 10.2 Å². The van der Waals surface area contributed by atoms with E-state index in [4.69, 9.17) is 9.15 Å². The smallest absolute Gasteiger partial charge is 0.290 e. The zero-order chi connectivity index (χ0) is 18.4. The Morgan fingerprint density at radius 2 is 1.73 bits per heavy atom. The predicted molar refractivity (Wildman–Crippen MR) is 98.6 cm³/mol. The fraction of sp³-hybridized carbons (Fsp3) is 0.238. The molecule has 2 heterocycles. The third-order valence-corrected chi connectivity index (χ3v) is 4.58. The molecule has 5 nitrogen and oxygen atoms in total. The molecule has 26 heavy (non-hydrogen) atoms. The van der Waals surface area contributed by atoms with Gasteiger partial charge in [0, 0.05) is 7.05 Å². The van der Waals surface area contributed by atoms with E-state index in [0.717, 1.165) is 11.3 Å². The van der Waals surface area contributed by atoms with Crippen LogP contribution >= 0.6 is 0 Å². The van der Waals surface area contributed by atoms with E-state index in [1.807, 2.05) is 38.1 Å². The van der Waals surface area contributed by atoms with Crippen molar-refractivity contribution in [3.63, 3.8) is 0 Å². The van der Waals surface area contributed by atoms with Gasteiger partial charge in [0.2, 0.25) is 5.76 Å². The van der Waals surface area contributed by atoms with Crippen molar-refractivity contribution in [1.82, 2.24) is 4.90 Å². The first-order valence-corrected chi connectivity index (χ1v) is 8.57. The Hall–Kier alpha value is -3.08. The van der Waals surface area contributed by atoms with Crippen LogP contribution in [-0.4, -0.2) is 24.0 Å². The van der Waals surface area contributed by atoms with Crippen LogP contribution in [0.1, 0.15) is 41.6 Å². The van der Waals surface area contributed by atoms with E-state index in [2.05, 4.69) is 0 Å². The number of amides is 1. The quantitative estimate of drug-likeness (QED) is 0.722. The summed E-state index contributed by atoms with van der Waals surface area (Å²) in [4.78, 5) is 27.2. The van der Waals surface area contributed by atoms with Crippen molar-refractivity contribution in [1.29, 1.82) is 0 Å². The van der Waals surface area contributed by atoms with Crippen LogP contribution in [0.4, 0.5) is 0 Å². The van der Waals surface area contributed by atoms with Crippen molar-refractivity contribution in [2.24, 2.45) is 0 Å². The SMILES string of the molecule is CC(C)Oc1ccc([C@@H]2c3c(oc4ccccc4c3=O)C(=O)N2C)cc1. The molecule has 0 saturated heterocycles. The average molecular weight is 349 g/mol. The number of carbonyl (C=O) groups excluding carboxylic acids is 1. The van der Waals surface area contributed by atoms with Gasteiger partial charge in [0.05, 0.1) is 23.1 Å². The van der Waals surface area contributed by atoms with Crippen molar-refractivity contribution in [2.45, 2.75) is 26.0 Å². The molecular weight excluding hydrogens is 330 g/mol. The Morgan fingerprint density at radius 1 is 1.04 bits per heavy atom. The number of carbonyl (C=O) groups is 1. The maximum atomic E-state index is 13.0. The van der Waals surface area contributed by atoms with Crippen LogP contribution in [-0.2, 0) is 0 Å². The number of hydrogen-bond acceptors (Lipinski definition) is 4. The van der Waals surface area contributed by atoms with Gasteiger partial charge < -0.3 is 14.1 Å².